The maximum Gasteiger partial charge on any atom is 0.335 e. The number of methoxy groups -OCH3 is 2. The fourth-order valence-corrected chi connectivity index (χ4v) is 1.28. The van der Waals surface area contributed by atoms with E-state index in [0.717, 1.165) is 0 Å². The van der Waals surface area contributed by atoms with Crippen LogP contribution in [-0.4, -0.2) is 30.4 Å². The summed E-state index contributed by atoms with van der Waals surface area (Å²) in [6, 6.07) is 2.70. The van der Waals surface area contributed by atoms with E-state index >= 15 is 0 Å². The summed E-state index contributed by atoms with van der Waals surface area (Å²) < 4.78 is 9.99. The third kappa shape index (κ3) is 2.19. The van der Waals surface area contributed by atoms with Gasteiger partial charge in [-0.05, 0) is 12.1 Å². The second-order valence-corrected chi connectivity index (χ2v) is 2.83. The van der Waals surface area contributed by atoms with Crippen molar-refractivity contribution in [3.8, 4) is 11.5 Å². The summed E-state index contributed by atoms with van der Waals surface area (Å²) in [5.41, 5.74) is 0.436. The molecule has 0 fully saturated rings. The molecule has 15 heavy (non-hydrogen) atoms. The highest BCUT2D eigenvalue weighted by Crippen LogP contribution is 2.32. The summed E-state index contributed by atoms with van der Waals surface area (Å²) in [4.78, 5) is 10.8. The summed E-state index contributed by atoms with van der Waals surface area (Å²) in [7, 11) is 2.84. The van der Waals surface area contributed by atoms with Gasteiger partial charge in [0.1, 0.15) is 0 Å². The van der Waals surface area contributed by atoms with Crippen LogP contribution in [0.15, 0.2) is 12.1 Å². The van der Waals surface area contributed by atoms with Crippen molar-refractivity contribution in [2.75, 3.05) is 14.2 Å². The van der Waals surface area contributed by atoms with Crippen molar-refractivity contribution in [2.24, 2.45) is 0 Å². The summed E-state index contributed by atoms with van der Waals surface area (Å²) in [5, 5.41) is 17.9. The van der Waals surface area contributed by atoms with Crippen LogP contribution in [0, 0.1) is 0 Å². The molecule has 1 aromatic rings. The highest BCUT2D eigenvalue weighted by molar-refractivity contribution is 5.89. The number of rotatable bonds is 4. The lowest BCUT2D eigenvalue weighted by molar-refractivity contribution is 0.0696. The summed E-state index contributed by atoms with van der Waals surface area (Å²) >= 11 is 0. The second kappa shape index (κ2) is 4.65. The van der Waals surface area contributed by atoms with Gasteiger partial charge >= 0.3 is 5.97 Å². The third-order valence-corrected chi connectivity index (χ3v) is 1.97. The standard InChI is InChI=1S/C10H12O5/c1-14-8-4-6(10(12)13)3-7(5-11)9(8)15-2/h3-4,11H,5H2,1-2H3,(H,12,13). The molecule has 0 amide bonds. The molecule has 0 aromatic heterocycles. The van der Waals surface area contributed by atoms with Gasteiger partial charge in [0, 0.05) is 5.56 Å². The van der Waals surface area contributed by atoms with Gasteiger partial charge in [-0.15, -0.1) is 0 Å². The topological polar surface area (TPSA) is 76.0 Å². The minimum atomic E-state index is -1.08. The van der Waals surface area contributed by atoms with Crippen LogP contribution in [0.4, 0.5) is 0 Å². The van der Waals surface area contributed by atoms with Crippen LogP contribution >= 0.6 is 0 Å². The molecule has 0 aliphatic heterocycles. The summed E-state index contributed by atoms with van der Waals surface area (Å²) in [6.45, 7) is -0.305. The molecular formula is C10H12O5. The zero-order valence-electron chi connectivity index (χ0n) is 8.48. The molecule has 5 nitrogen and oxygen atoms in total. The van der Waals surface area contributed by atoms with Crippen molar-refractivity contribution in [3.63, 3.8) is 0 Å². The van der Waals surface area contributed by atoms with Crippen molar-refractivity contribution in [3.05, 3.63) is 23.3 Å². The first-order chi connectivity index (χ1) is 7.13. The molecule has 0 atom stereocenters. The number of carbonyl (C=O) groups is 1. The minimum Gasteiger partial charge on any atom is -0.493 e. The quantitative estimate of drug-likeness (QED) is 0.775. The molecule has 1 aromatic carbocycles. The molecular weight excluding hydrogens is 200 g/mol. The number of aromatic carboxylic acids is 1. The molecule has 0 spiro atoms. The Hall–Kier alpha value is -1.75. The number of hydrogen-bond donors (Lipinski definition) is 2. The van der Waals surface area contributed by atoms with Gasteiger partial charge in [0.05, 0.1) is 26.4 Å². The van der Waals surface area contributed by atoms with Crippen LogP contribution in [0.1, 0.15) is 15.9 Å². The van der Waals surface area contributed by atoms with Gasteiger partial charge in [-0.1, -0.05) is 0 Å². The van der Waals surface area contributed by atoms with Crippen LogP contribution < -0.4 is 9.47 Å². The smallest absolute Gasteiger partial charge is 0.335 e. The molecule has 0 heterocycles. The maximum absolute atomic E-state index is 10.8. The van der Waals surface area contributed by atoms with E-state index in [1.54, 1.807) is 0 Å². The third-order valence-electron chi connectivity index (χ3n) is 1.97. The average molecular weight is 212 g/mol. The second-order valence-electron chi connectivity index (χ2n) is 2.83. The van der Waals surface area contributed by atoms with E-state index in [9.17, 15) is 4.79 Å². The Balaban J connectivity index is 3.35. The first kappa shape index (κ1) is 11.3. The molecule has 2 N–H and O–H groups in total. The lowest BCUT2D eigenvalue weighted by Gasteiger charge is -2.12. The fourth-order valence-electron chi connectivity index (χ4n) is 1.28. The van der Waals surface area contributed by atoms with Gasteiger partial charge in [-0.3, -0.25) is 0 Å². The van der Waals surface area contributed by atoms with E-state index in [1.165, 1.54) is 26.4 Å². The molecule has 1 rings (SSSR count). The van der Waals surface area contributed by atoms with Crippen molar-refractivity contribution < 1.29 is 24.5 Å². The number of carboxylic acid groups (broad SMARTS) is 1. The Labute approximate surface area is 86.9 Å². The van der Waals surface area contributed by atoms with Gasteiger partial charge in [-0.2, -0.15) is 0 Å². The number of carboxylic acids is 1. The van der Waals surface area contributed by atoms with Gasteiger partial charge < -0.3 is 19.7 Å². The predicted octanol–water partition coefficient (Wildman–Crippen LogP) is 0.894. The van der Waals surface area contributed by atoms with Crippen LogP contribution in [0.25, 0.3) is 0 Å². The molecule has 82 valence electrons. The number of aliphatic hydroxyl groups is 1. The maximum atomic E-state index is 10.8. The van der Waals surface area contributed by atoms with Crippen LogP contribution in [-0.2, 0) is 6.61 Å². The number of aliphatic hydroxyl groups excluding tert-OH is 1. The van der Waals surface area contributed by atoms with E-state index < -0.39 is 5.97 Å². The lowest BCUT2D eigenvalue weighted by Crippen LogP contribution is -2.02. The first-order valence-electron chi connectivity index (χ1n) is 4.23. The summed E-state index contributed by atoms with van der Waals surface area (Å²) in [5.74, 6) is -0.433. The van der Waals surface area contributed by atoms with Gasteiger partial charge in [0.15, 0.2) is 11.5 Å². The van der Waals surface area contributed by atoms with Crippen LogP contribution in [0.5, 0.6) is 11.5 Å². The van der Waals surface area contributed by atoms with Gasteiger partial charge in [-0.25, -0.2) is 4.79 Å². The van der Waals surface area contributed by atoms with Crippen molar-refractivity contribution >= 4 is 5.97 Å². The molecule has 0 saturated heterocycles. The largest absolute Gasteiger partial charge is 0.493 e. The molecule has 0 saturated carbocycles. The van der Waals surface area contributed by atoms with E-state index in [0.29, 0.717) is 17.1 Å². The lowest BCUT2D eigenvalue weighted by atomic mass is 10.1. The van der Waals surface area contributed by atoms with E-state index in [4.69, 9.17) is 19.7 Å². The Kier molecular flexibility index (Phi) is 3.51. The molecule has 5 heteroatoms. The monoisotopic (exact) mass is 212 g/mol. The molecule has 0 bridgehead atoms. The van der Waals surface area contributed by atoms with Crippen LogP contribution in [0.3, 0.4) is 0 Å². The number of hydrogen-bond acceptors (Lipinski definition) is 4. The Morgan fingerprint density at radius 1 is 1.33 bits per heavy atom. The SMILES string of the molecule is COc1cc(C(=O)O)cc(CO)c1OC. The predicted molar refractivity (Wildman–Crippen MR) is 52.4 cm³/mol. The van der Waals surface area contributed by atoms with Gasteiger partial charge in [0.2, 0.25) is 0 Å². The molecule has 0 radical (unpaired) electrons. The molecule has 0 unspecified atom stereocenters. The first-order valence-corrected chi connectivity index (χ1v) is 4.23. The van der Waals surface area contributed by atoms with E-state index in [2.05, 4.69) is 0 Å². The van der Waals surface area contributed by atoms with Crippen molar-refractivity contribution in [2.45, 2.75) is 6.61 Å². The highest BCUT2D eigenvalue weighted by atomic mass is 16.5. The zero-order chi connectivity index (χ0) is 11.4. The van der Waals surface area contributed by atoms with Crippen molar-refractivity contribution in [1.82, 2.24) is 0 Å². The minimum absolute atomic E-state index is 0.0525. The Morgan fingerprint density at radius 2 is 2.00 bits per heavy atom. The number of benzene rings is 1. The van der Waals surface area contributed by atoms with Crippen LogP contribution in [0.2, 0.25) is 0 Å². The number of ether oxygens (including phenoxy) is 2. The molecule has 0 aliphatic rings. The fraction of sp³-hybridized carbons (Fsp3) is 0.300. The summed E-state index contributed by atoms with van der Waals surface area (Å²) in [6.07, 6.45) is 0. The van der Waals surface area contributed by atoms with Crippen molar-refractivity contribution in [1.29, 1.82) is 0 Å². The van der Waals surface area contributed by atoms with E-state index in [-0.39, 0.29) is 12.2 Å². The zero-order valence-corrected chi connectivity index (χ0v) is 8.48. The molecule has 0 aliphatic carbocycles. The highest BCUT2D eigenvalue weighted by Gasteiger charge is 2.14. The van der Waals surface area contributed by atoms with E-state index in [1.807, 2.05) is 0 Å². The van der Waals surface area contributed by atoms with Gasteiger partial charge in [0.25, 0.3) is 0 Å². The Morgan fingerprint density at radius 3 is 2.40 bits per heavy atom. The normalized spacial score (nSPS) is 9.80. The average Bonchev–Trinajstić information content (AvgIpc) is 2.26. The Bertz CT molecular complexity index is 347.